The van der Waals surface area contributed by atoms with Crippen LogP contribution in [0.15, 0.2) is 42.5 Å². The second kappa shape index (κ2) is 6.82. The first-order valence-corrected chi connectivity index (χ1v) is 7.27. The van der Waals surface area contributed by atoms with Gasteiger partial charge in [-0.2, -0.15) is 5.26 Å². The Labute approximate surface area is 130 Å². The summed E-state index contributed by atoms with van der Waals surface area (Å²) in [7, 11) is 0. The van der Waals surface area contributed by atoms with Crippen LogP contribution in [0.4, 0.5) is 5.69 Å². The minimum Gasteiger partial charge on any atom is -0.258 e. The van der Waals surface area contributed by atoms with E-state index in [2.05, 4.69) is 15.9 Å². The van der Waals surface area contributed by atoms with Crippen molar-refractivity contribution in [3.63, 3.8) is 0 Å². The zero-order valence-corrected chi connectivity index (χ0v) is 12.6. The molecule has 0 amide bonds. The Morgan fingerprint density at radius 2 is 1.76 bits per heavy atom. The van der Waals surface area contributed by atoms with Crippen LogP contribution in [-0.2, 0) is 5.33 Å². The third kappa shape index (κ3) is 3.77. The van der Waals surface area contributed by atoms with Gasteiger partial charge in [-0.3, -0.25) is 10.1 Å². The molecule has 21 heavy (non-hydrogen) atoms. The molecule has 5 heteroatoms. The zero-order chi connectivity index (χ0) is 15.2. The number of alkyl halides is 1. The first-order chi connectivity index (χ1) is 10.1. The fraction of sp³-hybridized carbons (Fsp3) is 0.0625. The monoisotopic (exact) mass is 342 g/mol. The lowest BCUT2D eigenvalue weighted by atomic mass is 10.1. The van der Waals surface area contributed by atoms with Gasteiger partial charge in [-0.15, -0.1) is 0 Å². The topological polar surface area (TPSA) is 66.9 Å². The van der Waals surface area contributed by atoms with Gasteiger partial charge in [-0.25, -0.2) is 0 Å². The van der Waals surface area contributed by atoms with Crippen molar-refractivity contribution in [2.24, 2.45) is 0 Å². The third-order valence-electron chi connectivity index (χ3n) is 2.94. The van der Waals surface area contributed by atoms with Crippen LogP contribution in [0.5, 0.6) is 0 Å². The van der Waals surface area contributed by atoms with Crippen LogP contribution in [-0.4, -0.2) is 4.92 Å². The van der Waals surface area contributed by atoms with E-state index in [0.717, 1.165) is 16.5 Å². The average Bonchev–Trinajstić information content (AvgIpc) is 2.52. The molecule has 0 aromatic heterocycles. The van der Waals surface area contributed by atoms with Crippen LogP contribution in [0, 0.1) is 21.4 Å². The lowest BCUT2D eigenvalue weighted by Gasteiger charge is -1.99. The van der Waals surface area contributed by atoms with E-state index in [1.807, 2.05) is 42.5 Å². The van der Waals surface area contributed by atoms with E-state index in [4.69, 9.17) is 5.26 Å². The minimum absolute atomic E-state index is 0.0665. The predicted octanol–water partition coefficient (Wildman–Crippen LogP) is 4.53. The van der Waals surface area contributed by atoms with Crippen molar-refractivity contribution in [1.29, 1.82) is 5.26 Å². The Morgan fingerprint density at radius 3 is 2.33 bits per heavy atom. The average molecular weight is 343 g/mol. The molecule has 2 aromatic rings. The van der Waals surface area contributed by atoms with Crippen molar-refractivity contribution in [2.45, 2.75) is 5.33 Å². The fourth-order valence-corrected chi connectivity index (χ4v) is 2.19. The molecule has 2 aromatic carbocycles. The summed E-state index contributed by atoms with van der Waals surface area (Å²) >= 11 is 3.39. The summed E-state index contributed by atoms with van der Waals surface area (Å²) in [5, 5.41) is 20.5. The fourth-order valence-electron chi connectivity index (χ4n) is 1.82. The van der Waals surface area contributed by atoms with Crippen molar-refractivity contribution in [3.05, 3.63) is 74.8 Å². The van der Waals surface area contributed by atoms with Gasteiger partial charge in [0.2, 0.25) is 0 Å². The lowest BCUT2D eigenvalue weighted by molar-refractivity contribution is -0.385. The van der Waals surface area contributed by atoms with Crippen LogP contribution in [0.25, 0.3) is 12.2 Å². The van der Waals surface area contributed by atoms with E-state index in [-0.39, 0.29) is 11.3 Å². The smallest absolute Gasteiger partial charge is 0.258 e. The van der Waals surface area contributed by atoms with Gasteiger partial charge in [0.25, 0.3) is 5.69 Å². The molecule has 0 spiro atoms. The molecule has 0 N–H and O–H groups in total. The first-order valence-electron chi connectivity index (χ1n) is 6.15. The van der Waals surface area contributed by atoms with Crippen LogP contribution in [0.3, 0.4) is 0 Å². The Morgan fingerprint density at radius 1 is 1.14 bits per heavy atom. The highest BCUT2D eigenvalue weighted by atomic mass is 79.9. The van der Waals surface area contributed by atoms with E-state index in [1.54, 1.807) is 6.07 Å². The van der Waals surface area contributed by atoms with Crippen molar-refractivity contribution in [1.82, 2.24) is 0 Å². The van der Waals surface area contributed by atoms with Gasteiger partial charge < -0.3 is 0 Å². The number of rotatable bonds is 4. The van der Waals surface area contributed by atoms with Crippen LogP contribution in [0.1, 0.15) is 22.3 Å². The van der Waals surface area contributed by atoms with Crippen molar-refractivity contribution in [2.75, 3.05) is 0 Å². The molecule has 0 heterocycles. The van der Waals surface area contributed by atoms with E-state index >= 15 is 0 Å². The van der Waals surface area contributed by atoms with Gasteiger partial charge in [0.05, 0.1) is 4.92 Å². The predicted molar refractivity (Wildman–Crippen MR) is 85.8 cm³/mol. The van der Waals surface area contributed by atoms with Gasteiger partial charge in [0.1, 0.15) is 11.6 Å². The van der Waals surface area contributed by atoms with Crippen molar-refractivity contribution >= 4 is 33.8 Å². The van der Waals surface area contributed by atoms with Gasteiger partial charge in [0, 0.05) is 11.4 Å². The van der Waals surface area contributed by atoms with Crippen LogP contribution < -0.4 is 0 Å². The quantitative estimate of drug-likeness (QED) is 0.354. The second-order valence-electron chi connectivity index (χ2n) is 4.35. The molecule has 2 rings (SSSR count). The first kappa shape index (κ1) is 14.9. The van der Waals surface area contributed by atoms with Gasteiger partial charge >= 0.3 is 0 Å². The largest absolute Gasteiger partial charge is 0.287 e. The maximum absolute atomic E-state index is 10.8. The molecule has 0 bridgehead atoms. The molecule has 0 radical (unpaired) electrons. The summed E-state index contributed by atoms with van der Waals surface area (Å²) in [6.07, 6.45) is 3.73. The highest BCUT2D eigenvalue weighted by molar-refractivity contribution is 9.08. The van der Waals surface area contributed by atoms with E-state index in [9.17, 15) is 10.1 Å². The molecule has 104 valence electrons. The molecule has 0 saturated heterocycles. The lowest BCUT2D eigenvalue weighted by Crippen LogP contribution is -1.92. The highest BCUT2D eigenvalue weighted by Crippen LogP contribution is 2.20. The van der Waals surface area contributed by atoms with E-state index < -0.39 is 4.92 Å². The molecule has 0 aliphatic carbocycles. The number of benzene rings is 2. The highest BCUT2D eigenvalue weighted by Gasteiger charge is 2.12. The molecular formula is C16H11BrN2O2. The van der Waals surface area contributed by atoms with Crippen molar-refractivity contribution < 1.29 is 4.92 Å². The maximum atomic E-state index is 10.8. The van der Waals surface area contributed by atoms with Crippen molar-refractivity contribution in [3.8, 4) is 6.07 Å². The number of halogens is 1. The Kier molecular flexibility index (Phi) is 4.85. The molecular weight excluding hydrogens is 332 g/mol. The minimum atomic E-state index is -0.551. The number of hydrogen-bond donors (Lipinski definition) is 0. The molecule has 0 saturated carbocycles. The van der Waals surface area contributed by atoms with Crippen LogP contribution in [0.2, 0.25) is 0 Å². The standard InChI is InChI=1S/C16H11BrN2O2/c17-10-14-5-2-12(3-6-14)1-4-13-7-8-16(19(20)21)15(9-13)11-18/h1-9H,10H2/b4-1+. The summed E-state index contributed by atoms with van der Waals surface area (Å²) in [6.45, 7) is 0. The van der Waals surface area contributed by atoms with Gasteiger partial charge in [-0.1, -0.05) is 52.3 Å². The maximum Gasteiger partial charge on any atom is 0.287 e. The summed E-state index contributed by atoms with van der Waals surface area (Å²) < 4.78 is 0. The number of hydrogen-bond acceptors (Lipinski definition) is 3. The summed E-state index contributed by atoms with van der Waals surface area (Å²) in [6, 6.07) is 14.4. The Balaban J connectivity index is 2.24. The number of nitro groups is 1. The third-order valence-corrected chi connectivity index (χ3v) is 3.59. The summed E-state index contributed by atoms with van der Waals surface area (Å²) in [5.41, 5.74) is 2.86. The normalized spacial score (nSPS) is 10.5. The molecule has 0 unspecified atom stereocenters. The second-order valence-corrected chi connectivity index (χ2v) is 4.91. The number of nitriles is 1. The molecule has 0 fully saturated rings. The molecule has 0 aliphatic rings. The summed E-state index contributed by atoms with van der Waals surface area (Å²) in [4.78, 5) is 10.2. The number of nitro benzene ring substituents is 1. The van der Waals surface area contributed by atoms with E-state index in [1.165, 1.54) is 17.7 Å². The SMILES string of the molecule is N#Cc1cc(/C=C/c2ccc(CBr)cc2)ccc1[N+](=O)[O-]. The van der Waals surface area contributed by atoms with Gasteiger partial charge in [0.15, 0.2) is 0 Å². The zero-order valence-electron chi connectivity index (χ0n) is 11.0. The Hall–Kier alpha value is -2.45. The Bertz CT molecular complexity index is 731. The van der Waals surface area contributed by atoms with Crippen LogP contribution >= 0.6 is 15.9 Å². The molecule has 0 aliphatic heterocycles. The number of nitrogens with zero attached hydrogens (tertiary/aromatic N) is 2. The molecule has 4 nitrogen and oxygen atoms in total. The summed E-state index contributed by atoms with van der Waals surface area (Å²) in [5.74, 6) is 0. The van der Waals surface area contributed by atoms with E-state index in [0.29, 0.717) is 0 Å². The molecule has 0 atom stereocenters. The van der Waals surface area contributed by atoms with Gasteiger partial charge in [-0.05, 0) is 28.8 Å².